The number of rotatable bonds is 5. The first-order valence-electron chi connectivity index (χ1n) is 6.30. The highest BCUT2D eigenvalue weighted by Gasteiger charge is 2.09. The first-order valence-corrected chi connectivity index (χ1v) is 6.30. The van der Waals surface area contributed by atoms with Crippen molar-refractivity contribution in [1.29, 1.82) is 0 Å². The fourth-order valence-corrected chi connectivity index (χ4v) is 2.32. The lowest BCUT2D eigenvalue weighted by Crippen LogP contribution is -2.05. The van der Waals surface area contributed by atoms with Crippen LogP contribution in [0, 0.1) is 0 Å². The van der Waals surface area contributed by atoms with E-state index in [1.165, 1.54) is 24.8 Å². The predicted molar refractivity (Wildman–Crippen MR) is 69.9 cm³/mol. The van der Waals surface area contributed by atoms with Crippen molar-refractivity contribution < 1.29 is 0 Å². The molecule has 86 valence electrons. The number of fused-ring (bicyclic) bond motifs is 1. The molecule has 1 aliphatic rings. The molecule has 0 saturated carbocycles. The molecule has 0 heterocycles. The Balaban J connectivity index is 1.88. The first kappa shape index (κ1) is 11.4. The molecular formula is C15H21N. The second-order valence-corrected chi connectivity index (χ2v) is 4.52. The Morgan fingerprint density at radius 1 is 1.19 bits per heavy atom. The van der Waals surface area contributed by atoms with Crippen molar-refractivity contribution in [2.24, 2.45) is 0 Å². The molecule has 0 aromatic heterocycles. The van der Waals surface area contributed by atoms with Crippen LogP contribution in [0.3, 0.4) is 0 Å². The first-order chi connectivity index (χ1) is 7.90. The second-order valence-electron chi connectivity index (χ2n) is 4.52. The van der Waals surface area contributed by atoms with Crippen LogP contribution in [0.1, 0.15) is 29.5 Å². The van der Waals surface area contributed by atoms with E-state index in [1.54, 1.807) is 11.1 Å². The molecule has 1 heteroatoms. The van der Waals surface area contributed by atoms with Crippen molar-refractivity contribution in [3.8, 4) is 0 Å². The summed E-state index contributed by atoms with van der Waals surface area (Å²) in [6.45, 7) is 1.07. The quantitative estimate of drug-likeness (QED) is 0.588. The molecule has 1 aromatic carbocycles. The number of aryl methyl sites for hydroxylation is 2. The zero-order chi connectivity index (χ0) is 11.2. The Hall–Kier alpha value is -1.08. The molecule has 0 amide bonds. The maximum atomic E-state index is 3.15. The molecule has 16 heavy (non-hydrogen) atoms. The number of nitrogens with one attached hydrogen (secondary N) is 1. The highest BCUT2D eigenvalue weighted by molar-refractivity contribution is 5.35. The minimum Gasteiger partial charge on any atom is -0.319 e. The summed E-state index contributed by atoms with van der Waals surface area (Å²) in [4.78, 5) is 0. The van der Waals surface area contributed by atoms with E-state index in [9.17, 15) is 0 Å². The average Bonchev–Trinajstić information content (AvgIpc) is 2.76. The van der Waals surface area contributed by atoms with Crippen LogP contribution in [0.4, 0.5) is 0 Å². The molecule has 0 saturated heterocycles. The number of allylic oxidation sites excluding steroid dienone is 1. The van der Waals surface area contributed by atoms with Crippen LogP contribution in [0.15, 0.2) is 30.4 Å². The SMILES string of the molecule is CNCCC=CCc1ccc2c(c1)CCC2. The summed E-state index contributed by atoms with van der Waals surface area (Å²) in [5.74, 6) is 0. The van der Waals surface area contributed by atoms with Gasteiger partial charge in [0.15, 0.2) is 0 Å². The average molecular weight is 215 g/mol. The van der Waals surface area contributed by atoms with Crippen LogP contribution >= 0.6 is 0 Å². The summed E-state index contributed by atoms with van der Waals surface area (Å²) in [6.07, 6.45) is 10.7. The fourth-order valence-electron chi connectivity index (χ4n) is 2.32. The van der Waals surface area contributed by atoms with Crippen molar-refractivity contribution in [1.82, 2.24) is 5.32 Å². The lowest BCUT2D eigenvalue weighted by molar-refractivity contribution is 0.806. The molecule has 0 atom stereocenters. The van der Waals surface area contributed by atoms with Crippen molar-refractivity contribution in [3.63, 3.8) is 0 Å². The molecule has 1 aliphatic carbocycles. The summed E-state index contributed by atoms with van der Waals surface area (Å²) in [5, 5.41) is 3.15. The molecule has 1 aromatic rings. The maximum Gasteiger partial charge on any atom is -0.00173 e. The van der Waals surface area contributed by atoms with E-state index >= 15 is 0 Å². The van der Waals surface area contributed by atoms with Gasteiger partial charge in [-0.15, -0.1) is 0 Å². The number of hydrogen-bond acceptors (Lipinski definition) is 1. The van der Waals surface area contributed by atoms with E-state index in [2.05, 4.69) is 35.7 Å². The molecule has 1 nitrogen and oxygen atoms in total. The standard InChI is InChI=1S/C15H21N/c1-16-11-4-2-3-6-13-9-10-14-7-5-8-15(14)12-13/h2-3,9-10,12,16H,4-8,11H2,1H3. The van der Waals surface area contributed by atoms with Crippen LogP contribution in [0.25, 0.3) is 0 Å². The van der Waals surface area contributed by atoms with Crippen LogP contribution < -0.4 is 5.32 Å². The second kappa shape index (κ2) is 5.86. The smallest absolute Gasteiger partial charge is 0.00173 e. The van der Waals surface area contributed by atoms with E-state index in [-0.39, 0.29) is 0 Å². The van der Waals surface area contributed by atoms with Gasteiger partial charge in [-0.05, 0) is 62.4 Å². The summed E-state index contributed by atoms with van der Waals surface area (Å²) in [6, 6.07) is 7.00. The summed E-state index contributed by atoms with van der Waals surface area (Å²) < 4.78 is 0. The van der Waals surface area contributed by atoms with E-state index in [0.717, 1.165) is 19.4 Å². The maximum absolute atomic E-state index is 3.15. The van der Waals surface area contributed by atoms with Crippen molar-refractivity contribution in [3.05, 3.63) is 47.0 Å². The molecule has 1 N–H and O–H groups in total. The Kier molecular flexibility index (Phi) is 4.17. The highest BCUT2D eigenvalue weighted by atomic mass is 14.8. The zero-order valence-corrected chi connectivity index (χ0v) is 10.1. The third-order valence-electron chi connectivity index (χ3n) is 3.24. The summed E-state index contributed by atoms with van der Waals surface area (Å²) >= 11 is 0. The van der Waals surface area contributed by atoms with E-state index in [4.69, 9.17) is 0 Å². The van der Waals surface area contributed by atoms with Crippen LogP contribution in [0.2, 0.25) is 0 Å². The zero-order valence-electron chi connectivity index (χ0n) is 10.1. The van der Waals surface area contributed by atoms with Gasteiger partial charge in [0.05, 0.1) is 0 Å². The molecule has 0 bridgehead atoms. The number of hydrogen-bond donors (Lipinski definition) is 1. The monoisotopic (exact) mass is 215 g/mol. The van der Waals surface area contributed by atoms with Crippen molar-refractivity contribution in [2.75, 3.05) is 13.6 Å². The van der Waals surface area contributed by atoms with Gasteiger partial charge in [-0.25, -0.2) is 0 Å². The van der Waals surface area contributed by atoms with Gasteiger partial charge in [0.25, 0.3) is 0 Å². The molecular weight excluding hydrogens is 194 g/mol. The van der Waals surface area contributed by atoms with Crippen molar-refractivity contribution in [2.45, 2.75) is 32.1 Å². The topological polar surface area (TPSA) is 12.0 Å². The Bertz CT molecular complexity index is 366. The summed E-state index contributed by atoms with van der Waals surface area (Å²) in [7, 11) is 1.99. The van der Waals surface area contributed by atoms with E-state index in [0.29, 0.717) is 0 Å². The minimum absolute atomic E-state index is 1.07. The molecule has 2 rings (SSSR count). The van der Waals surface area contributed by atoms with Gasteiger partial charge < -0.3 is 5.32 Å². The van der Waals surface area contributed by atoms with Gasteiger partial charge in [-0.3, -0.25) is 0 Å². The predicted octanol–water partition coefficient (Wildman–Crippen LogP) is 2.88. The lowest BCUT2D eigenvalue weighted by Gasteiger charge is -2.02. The third-order valence-corrected chi connectivity index (χ3v) is 3.24. The number of benzene rings is 1. The van der Waals surface area contributed by atoms with Crippen LogP contribution in [-0.4, -0.2) is 13.6 Å². The van der Waals surface area contributed by atoms with Crippen molar-refractivity contribution >= 4 is 0 Å². The Morgan fingerprint density at radius 3 is 2.94 bits per heavy atom. The Labute approximate surface area is 98.6 Å². The lowest BCUT2D eigenvalue weighted by atomic mass is 10.0. The molecule has 0 spiro atoms. The van der Waals surface area contributed by atoms with Gasteiger partial charge in [0.2, 0.25) is 0 Å². The largest absolute Gasteiger partial charge is 0.319 e. The van der Waals surface area contributed by atoms with Gasteiger partial charge in [0.1, 0.15) is 0 Å². The molecule has 0 radical (unpaired) electrons. The van der Waals surface area contributed by atoms with Gasteiger partial charge in [-0.1, -0.05) is 30.4 Å². The molecule has 0 unspecified atom stereocenters. The van der Waals surface area contributed by atoms with Gasteiger partial charge in [-0.2, -0.15) is 0 Å². The van der Waals surface area contributed by atoms with Crippen LogP contribution in [-0.2, 0) is 19.3 Å². The van der Waals surface area contributed by atoms with Gasteiger partial charge >= 0.3 is 0 Å². The fraction of sp³-hybridized carbons (Fsp3) is 0.467. The minimum atomic E-state index is 1.07. The molecule has 0 aliphatic heterocycles. The third kappa shape index (κ3) is 2.96. The van der Waals surface area contributed by atoms with Crippen LogP contribution in [0.5, 0.6) is 0 Å². The van der Waals surface area contributed by atoms with E-state index < -0.39 is 0 Å². The normalized spacial score (nSPS) is 14.6. The highest BCUT2D eigenvalue weighted by Crippen LogP contribution is 2.22. The van der Waals surface area contributed by atoms with E-state index in [1.807, 2.05) is 7.05 Å². The summed E-state index contributed by atoms with van der Waals surface area (Å²) in [5.41, 5.74) is 4.62. The van der Waals surface area contributed by atoms with Gasteiger partial charge in [0, 0.05) is 0 Å². The Morgan fingerprint density at radius 2 is 2.06 bits per heavy atom. The molecule has 0 fully saturated rings.